The van der Waals surface area contributed by atoms with Crippen molar-refractivity contribution in [1.29, 1.82) is 0 Å². The fourth-order valence-corrected chi connectivity index (χ4v) is 3.58. The third kappa shape index (κ3) is 4.93. The first-order valence-electron chi connectivity index (χ1n) is 6.31. The van der Waals surface area contributed by atoms with Gasteiger partial charge in [-0.15, -0.1) is 4.78 Å². The van der Waals surface area contributed by atoms with Gasteiger partial charge in [-0.25, -0.2) is 8.78 Å². The Balaban J connectivity index is 0.00000144. The first-order chi connectivity index (χ1) is 7.59. The summed E-state index contributed by atoms with van der Waals surface area (Å²) < 4.78 is 27.9. The van der Waals surface area contributed by atoms with Crippen LogP contribution in [0.4, 0.5) is 8.78 Å². The fraction of sp³-hybridized carbons (Fsp3) is 1.00. The monoisotopic (exact) mass is 595 g/mol. The maximum Gasteiger partial charge on any atom is 0.157 e. The smallest absolute Gasteiger partial charge is 0.157 e. The van der Waals surface area contributed by atoms with Gasteiger partial charge in [0.25, 0.3) is 0 Å². The zero-order chi connectivity index (χ0) is 11.7. The van der Waals surface area contributed by atoms with Crippen LogP contribution in [-0.4, -0.2) is 39.8 Å². The van der Waals surface area contributed by atoms with Gasteiger partial charge in [0.05, 0.1) is 6.10 Å². The van der Waals surface area contributed by atoms with E-state index in [9.17, 15) is 13.9 Å². The number of alkyl halides is 2. The molecule has 2 aliphatic carbocycles. The number of aliphatic hydroxyl groups is 1. The van der Waals surface area contributed by atoms with Crippen LogP contribution in [0.15, 0.2) is 0 Å². The Morgan fingerprint density at radius 2 is 1.44 bits per heavy atom. The maximum atomic E-state index is 13.8. The van der Waals surface area contributed by atoms with Crippen LogP contribution in [0.3, 0.4) is 0 Å². The van der Waals surface area contributed by atoms with Crippen molar-refractivity contribution in [3.05, 3.63) is 0 Å². The molecule has 107 valence electrons. The molecular weight excluding hydrogens is 574 g/mol. The molecule has 0 spiro atoms. The molecule has 1 N–H and O–H groups in total. The SMILES string of the molecule is OC1CCC(C2CC[CH]([Al])CC2)C(F)C1F.[Dy].[Re]. The Labute approximate surface area is 160 Å². The van der Waals surface area contributed by atoms with Gasteiger partial charge in [0.1, 0.15) is 22.5 Å². The van der Waals surface area contributed by atoms with Gasteiger partial charge >= 0.3 is 0 Å². The summed E-state index contributed by atoms with van der Waals surface area (Å²) in [6.07, 6.45) is 1.13. The van der Waals surface area contributed by atoms with Crippen LogP contribution in [0.25, 0.3) is 0 Å². The predicted molar refractivity (Wildman–Crippen MR) is 60.0 cm³/mol. The molecule has 4 atom stereocenters. The van der Waals surface area contributed by atoms with E-state index in [0.717, 1.165) is 25.7 Å². The van der Waals surface area contributed by atoms with Crippen LogP contribution < -0.4 is 0 Å². The molecule has 1 nitrogen and oxygen atoms in total. The third-order valence-corrected chi connectivity index (χ3v) is 4.97. The molecule has 0 saturated heterocycles. The van der Waals surface area contributed by atoms with Crippen LogP contribution >= 0.6 is 0 Å². The van der Waals surface area contributed by atoms with E-state index in [2.05, 4.69) is 16.3 Å². The minimum absolute atomic E-state index is 0. The second-order valence-electron chi connectivity index (χ2n) is 5.37. The molecule has 2 rings (SSSR count). The molecule has 18 heavy (non-hydrogen) atoms. The third-order valence-electron chi connectivity index (χ3n) is 4.30. The summed E-state index contributed by atoms with van der Waals surface area (Å²) in [5.74, 6) is 0.174. The number of hydrogen-bond acceptors (Lipinski definition) is 1. The van der Waals surface area contributed by atoms with Gasteiger partial charge in [-0.1, -0.05) is 25.7 Å². The summed E-state index contributed by atoms with van der Waals surface area (Å²) in [5, 5.41) is 9.29. The summed E-state index contributed by atoms with van der Waals surface area (Å²) in [6, 6.07) is 0. The quantitative estimate of drug-likeness (QED) is 0.465. The molecule has 0 bridgehead atoms. The van der Waals surface area contributed by atoms with Crippen molar-refractivity contribution in [3.63, 3.8) is 0 Å². The van der Waals surface area contributed by atoms with Gasteiger partial charge in [0, 0.05) is 58.6 Å². The standard InChI is InChI=1S/C12H19F2O.Al.Dy.Re/c13-11-9(6-7-10(15)12(11)14)8-4-2-1-3-5-8;;;/h1,8-12,15H,2-7H2;;;. The zero-order valence-corrected chi connectivity index (χ0v) is 16.1. The number of hydrogen-bond donors (Lipinski definition) is 1. The average Bonchev–Trinajstić information content (AvgIpc) is 2.28. The van der Waals surface area contributed by atoms with E-state index in [4.69, 9.17) is 0 Å². The summed E-state index contributed by atoms with van der Waals surface area (Å²) in [7, 11) is 0. The van der Waals surface area contributed by atoms with E-state index in [0.29, 0.717) is 23.5 Å². The van der Waals surface area contributed by atoms with Crippen molar-refractivity contribution in [1.82, 2.24) is 0 Å². The largest absolute Gasteiger partial charge is 0.390 e. The van der Waals surface area contributed by atoms with E-state index >= 15 is 0 Å². The molecule has 2 saturated carbocycles. The molecule has 2 aliphatic rings. The zero-order valence-electron chi connectivity index (χ0n) is 10.2. The van der Waals surface area contributed by atoms with Crippen LogP contribution in [-0.2, 0) is 20.4 Å². The Bertz CT molecular complexity index is 242. The van der Waals surface area contributed by atoms with Crippen molar-refractivity contribution < 1.29 is 72.5 Å². The summed E-state index contributed by atoms with van der Waals surface area (Å²) in [5.41, 5.74) is 0. The minimum atomic E-state index is -1.66. The Morgan fingerprint density at radius 1 is 0.889 bits per heavy atom. The first-order valence-corrected chi connectivity index (χ1v) is 6.98. The molecule has 0 aromatic carbocycles. The molecular formula is C12H19AlDyF2ORe. The minimum Gasteiger partial charge on any atom is -0.390 e. The van der Waals surface area contributed by atoms with Crippen LogP contribution in [0.2, 0.25) is 4.78 Å². The van der Waals surface area contributed by atoms with Crippen molar-refractivity contribution >= 4 is 16.3 Å². The van der Waals surface area contributed by atoms with Crippen LogP contribution in [0.5, 0.6) is 0 Å². The fourth-order valence-electron chi connectivity index (χ4n) is 3.20. The second-order valence-corrected chi connectivity index (χ2v) is 6.32. The van der Waals surface area contributed by atoms with Crippen molar-refractivity contribution in [3.8, 4) is 0 Å². The van der Waals surface area contributed by atoms with Gasteiger partial charge in [-0.2, -0.15) is 0 Å². The molecule has 0 heterocycles. The maximum absolute atomic E-state index is 13.8. The summed E-state index contributed by atoms with van der Waals surface area (Å²) in [4.78, 5) is 0. The Hall–Kier alpha value is 2.29. The van der Waals surface area contributed by atoms with Gasteiger partial charge in [0.2, 0.25) is 0 Å². The van der Waals surface area contributed by atoms with E-state index in [1.54, 1.807) is 0 Å². The normalized spacial score (nSPS) is 44.6. The molecule has 2 fully saturated rings. The van der Waals surface area contributed by atoms with E-state index in [-0.39, 0.29) is 64.5 Å². The molecule has 6 heteroatoms. The van der Waals surface area contributed by atoms with Crippen molar-refractivity contribution in [2.45, 2.75) is 61.8 Å². The van der Waals surface area contributed by atoms with Gasteiger partial charge in [0.15, 0.2) is 6.17 Å². The second kappa shape index (κ2) is 9.33. The number of rotatable bonds is 1. The summed E-state index contributed by atoms with van der Waals surface area (Å²) in [6.45, 7) is 0. The van der Waals surface area contributed by atoms with Gasteiger partial charge < -0.3 is 5.11 Å². The molecule has 3 radical (unpaired) electrons. The number of aliphatic hydroxyl groups excluding tert-OH is 1. The predicted octanol–water partition coefficient (Wildman–Crippen LogP) is 2.58. The molecule has 0 amide bonds. The van der Waals surface area contributed by atoms with Crippen LogP contribution in [0.1, 0.15) is 38.5 Å². The topological polar surface area (TPSA) is 20.2 Å². The van der Waals surface area contributed by atoms with E-state index < -0.39 is 18.4 Å². The Kier molecular flexibility index (Phi) is 10.5. The molecule has 0 aromatic rings. The molecule has 0 aliphatic heterocycles. The van der Waals surface area contributed by atoms with Gasteiger partial charge in [-0.3, -0.25) is 0 Å². The number of halogens is 2. The van der Waals surface area contributed by atoms with Crippen molar-refractivity contribution in [2.75, 3.05) is 0 Å². The van der Waals surface area contributed by atoms with E-state index in [1.807, 2.05) is 0 Å². The van der Waals surface area contributed by atoms with Crippen molar-refractivity contribution in [2.24, 2.45) is 11.8 Å². The first kappa shape index (κ1) is 20.3. The average molecular weight is 593 g/mol. The Morgan fingerprint density at radius 3 is 2.00 bits per heavy atom. The molecule has 4 unspecified atom stereocenters. The van der Waals surface area contributed by atoms with Crippen LogP contribution in [0, 0.1) is 50.0 Å². The molecule has 0 aromatic heterocycles. The van der Waals surface area contributed by atoms with E-state index in [1.165, 1.54) is 0 Å². The van der Waals surface area contributed by atoms with Gasteiger partial charge in [-0.05, 0) is 24.7 Å². The summed E-state index contributed by atoms with van der Waals surface area (Å²) >= 11 is 2.82.